The Morgan fingerprint density at radius 2 is 2.08 bits per heavy atom. The van der Waals surface area contributed by atoms with E-state index in [1.807, 2.05) is 12.1 Å². The lowest BCUT2D eigenvalue weighted by atomic mass is 9.97. The number of hydroxylamine groups is 1. The van der Waals surface area contributed by atoms with Crippen molar-refractivity contribution in [3.05, 3.63) is 34.7 Å². The summed E-state index contributed by atoms with van der Waals surface area (Å²) in [6.07, 6.45) is 0.678. The van der Waals surface area contributed by atoms with Gasteiger partial charge in [-0.1, -0.05) is 32.0 Å². The van der Waals surface area contributed by atoms with E-state index in [0.29, 0.717) is 19.5 Å². The fraction of sp³-hybridized carbons (Fsp3) is 0.471. The topological polar surface area (TPSA) is 86.7 Å². The summed E-state index contributed by atoms with van der Waals surface area (Å²) in [6, 6.07) is 8.12. The van der Waals surface area contributed by atoms with Crippen molar-refractivity contribution >= 4 is 37.4 Å². The third-order valence-corrected chi connectivity index (χ3v) is 7.82. The van der Waals surface area contributed by atoms with Crippen molar-refractivity contribution in [2.75, 3.05) is 12.3 Å². The summed E-state index contributed by atoms with van der Waals surface area (Å²) in [5.74, 6) is -1.92. The number of carbonyl (C=O) groups is 1. The van der Waals surface area contributed by atoms with Gasteiger partial charge < -0.3 is 0 Å². The molecule has 1 aromatic heterocycles. The molecular formula is C17H22N2O4S2. The van der Waals surface area contributed by atoms with Gasteiger partial charge in [-0.2, -0.15) is 4.31 Å². The summed E-state index contributed by atoms with van der Waals surface area (Å²) in [6.45, 7) is 4.32. The quantitative estimate of drug-likeness (QED) is 0.614. The smallest absolute Gasteiger partial charge is 0.247 e. The van der Waals surface area contributed by atoms with Gasteiger partial charge in [0.1, 0.15) is 0 Å². The zero-order valence-electron chi connectivity index (χ0n) is 14.2. The zero-order chi connectivity index (χ0) is 18.2. The van der Waals surface area contributed by atoms with E-state index in [-0.39, 0.29) is 11.7 Å². The molecule has 0 saturated carbocycles. The van der Waals surface area contributed by atoms with E-state index in [1.165, 1.54) is 20.0 Å². The van der Waals surface area contributed by atoms with Crippen LogP contribution in [0.25, 0.3) is 10.1 Å². The van der Waals surface area contributed by atoms with Crippen LogP contribution in [0.1, 0.15) is 24.3 Å². The minimum absolute atomic E-state index is 0.188. The third-order valence-electron chi connectivity index (χ3n) is 4.75. The van der Waals surface area contributed by atoms with Crippen LogP contribution in [0.2, 0.25) is 0 Å². The number of fused-ring (bicyclic) bond motifs is 3. The van der Waals surface area contributed by atoms with Crippen molar-refractivity contribution in [1.29, 1.82) is 0 Å². The number of benzene rings is 1. The molecule has 0 unspecified atom stereocenters. The van der Waals surface area contributed by atoms with E-state index >= 15 is 0 Å². The van der Waals surface area contributed by atoms with Crippen molar-refractivity contribution in [3.8, 4) is 0 Å². The summed E-state index contributed by atoms with van der Waals surface area (Å²) >= 11 is 1.63. The van der Waals surface area contributed by atoms with Crippen LogP contribution in [-0.4, -0.2) is 36.1 Å². The second kappa shape index (κ2) is 7.03. The van der Waals surface area contributed by atoms with Crippen LogP contribution in [0.5, 0.6) is 0 Å². The number of nitrogens with one attached hydrogen (secondary N) is 1. The SMILES string of the molecule is CC(C)[C@@H](CS(=O)(=O)N1CCc2c(sc3ccccc23)C1)C(=O)NO. The molecule has 136 valence electrons. The molecule has 0 aliphatic carbocycles. The van der Waals surface area contributed by atoms with Gasteiger partial charge in [0.15, 0.2) is 0 Å². The third kappa shape index (κ3) is 3.57. The minimum Gasteiger partial charge on any atom is -0.289 e. The van der Waals surface area contributed by atoms with Crippen LogP contribution in [0.3, 0.4) is 0 Å². The van der Waals surface area contributed by atoms with Gasteiger partial charge in [0.05, 0.1) is 11.7 Å². The second-order valence-electron chi connectivity index (χ2n) is 6.69. The van der Waals surface area contributed by atoms with Gasteiger partial charge in [0.2, 0.25) is 15.9 Å². The Hall–Kier alpha value is -1.48. The normalized spacial score (nSPS) is 16.8. The van der Waals surface area contributed by atoms with E-state index in [0.717, 1.165) is 4.88 Å². The first-order valence-corrected chi connectivity index (χ1v) is 10.7. The summed E-state index contributed by atoms with van der Waals surface area (Å²) in [5.41, 5.74) is 2.82. The maximum absolute atomic E-state index is 12.8. The van der Waals surface area contributed by atoms with Gasteiger partial charge in [0, 0.05) is 22.7 Å². The Morgan fingerprint density at radius 1 is 1.36 bits per heavy atom. The van der Waals surface area contributed by atoms with Crippen molar-refractivity contribution in [3.63, 3.8) is 0 Å². The largest absolute Gasteiger partial charge is 0.289 e. The number of sulfonamides is 1. The number of amides is 1. The summed E-state index contributed by atoms with van der Waals surface area (Å²) in [7, 11) is -3.59. The molecule has 0 spiro atoms. The zero-order valence-corrected chi connectivity index (χ0v) is 15.9. The Kier molecular flexibility index (Phi) is 5.15. The summed E-state index contributed by atoms with van der Waals surface area (Å²) in [4.78, 5) is 12.9. The van der Waals surface area contributed by atoms with Crippen LogP contribution in [0.4, 0.5) is 0 Å². The van der Waals surface area contributed by atoms with Crippen LogP contribution in [-0.2, 0) is 27.8 Å². The van der Waals surface area contributed by atoms with Gasteiger partial charge in [-0.25, -0.2) is 13.9 Å². The number of nitrogens with zero attached hydrogens (tertiary/aromatic N) is 1. The van der Waals surface area contributed by atoms with Crippen molar-refractivity contribution in [1.82, 2.24) is 9.79 Å². The molecule has 2 N–H and O–H groups in total. The van der Waals surface area contributed by atoms with E-state index in [4.69, 9.17) is 5.21 Å². The molecule has 1 atom stereocenters. The highest BCUT2D eigenvalue weighted by atomic mass is 32.2. The first kappa shape index (κ1) is 18.3. The van der Waals surface area contributed by atoms with E-state index in [9.17, 15) is 13.2 Å². The first-order chi connectivity index (χ1) is 11.8. The fourth-order valence-electron chi connectivity index (χ4n) is 3.25. The summed E-state index contributed by atoms with van der Waals surface area (Å²) in [5, 5.41) is 10.1. The van der Waals surface area contributed by atoms with Crippen molar-refractivity contribution in [2.24, 2.45) is 11.8 Å². The predicted octanol–water partition coefficient (Wildman–Crippen LogP) is 2.37. The molecule has 0 fully saturated rings. The van der Waals surface area contributed by atoms with Crippen LogP contribution >= 0.6 is 11.3 Å². The lowest BCUT2D eigenvalue weighted by Crippen LogP contribution is -2.43. The molecule has 1 aliphatic rings. The van der Waals surface area contributed by atoms with Crippen molar-refractivity contribution < 1.29 is 18.4 Å². The fourth-order valence-corrected chi connectivity index (χ4v) is 6.50. The molecule has 0 radical (unpaired) electrons. The molecule has 2 aromatic rings. The minimum atomic E-state index is -3.59. The molecule has 25 heavy (non-hydrogen) atoms. The maximum atomic E-state index is 12.8. The Balaban J connectivity index is 1.83. The number of hydrogen-bond acceptors (Lipinski definition) is 5. The summed E-state index contributed by atoms with van der Waals surface area (Å²) < 4.78 is 28.3. The number of thiophene rings is 1. The van der Waals surface area contributed by atoms with Gasteiger partial charge in [-0.05, 0) is 29.4 Å². The van der Waals surface area contributed by atoms with E-state index in [1.54, 1.807) is 30.7 Å². The predicted molar refractivity (Wildman–Crippen MR) is 98.0 cm³/mol. The highest BCUT2D eigenvalue weighted by molar-refractivity contribution is 7.89. The molecule has 0 saturated heterocycles. The monoisotopic (exact) mass is 382 g/mol. The Bertz CT molecular complexity index is 889. The first-order valence-electron chi connectivity index (χ1n) is 8.24. The van der Waals surface area contributed by atoms with Gasteiger partial charge in [-0.15, -0.1) is 11.3 Å². The molecule has 6 nitrogen and oxygen atoms in total. The van der Waals surface area contributed by atoms with E-state index < -0.39 is 21.8 Å². The number of carbonyl (C=O) groups excluding carboxylic acids is 1. The lowest BCUT2D eigenvalue weighted by molar-refractivity contribution is -0.134. The molecule has 1 amide bonds. The number of hydrogen-bond donors (Lipinski definition) is 2. The van der Waals surface area contributed by atoms with Gasteiger partial charge in [-0.3, -0.25) is 10.0 Å². The van der Waals surface area contributed by atoms with Crippen molar-refractivity contribution in [2.45, 2.75) is 26.8 Å². The van der Waals surface area contributed by atoms with Crippen LogP contribution in [0, 0.1) is 11.8 Å². The maximum Gasteiger partial charge on any atom is 0.247 e. The molecular weight excluding hydrogens is 360 g/mol. The average molecular weight is 383 g/mol. The van der Waals surface area contributed by atoms with Crippen LogP contribution < -0.4 is 5.48 Å². The van der Waals surface area contributed by atoms with Crippen LogP contribution in [0.15, 0.2) is 24.3 Å². The average Bonchev–Trinajstić information content (AvgIpc) is 2.96. The molecule has 1 aromatic carbocycles. The Morgan fingerprint density at radius 3 is 2.76 bits per heavy atom. The molecule has 3 rings (SSSR count). The molecule has 8 heteroatoms. The molecule has 0 bridgehead atoms. The standard InChI is InChI=1S/C17H22N2O4S2/c1-11(2)14(17(20)18-21)10-25(22,23)19-8-7-13-12-5-3-4-6-15(12)24-16(13)9-19/h3-6,11,14,21H,7-10H2,1-2H3,(H,18,20)/t14-/m1/s1. The highest BCUT2D eigenvalue weighted by Gasteiger charge is 2.34. The lowest BCUT2D eigenvalue weighted by Gasteiger charge is -2.28. The van der Waals surface area contributed by atoms with Gasteiger partial charge >= 0.3 is 0 Å². The number of rotatable bonds is 5. The Labute approximate surface area is 151 Å². The van der Waals surface area contributed by atoms with E-state index in [2.05, 4.69) is 12.1 Å². The highest BCUT2D eigenvalue weighted by Crippen LogP contribution is 2.36. The molecule has 2 heterocycles. The molecule has 1 aliphatic heterocycles. The second-order valence-corrected chi connectivity index (χ2v) is 9.84. The van der Waals surface area contributed by atoms with Gasteiger partial charge in [0.25, 0.3) is 0 Å².